The van der Waals surface area contributed by atoms with Crippen molar-refractivity contribution < 1.29 is 8.42 Å². The quantitative estimate of drug-likeness (QED) is 0.694. The summed E-state index contributed by atoms with van der Waals surface area (Å²) in [5.74, 6) is 0. The molecule has 0 fully saturated rings. The molecule has 0 aliphatic heterocycles. The molecule has 0 unspecified atom stereocenters. The molecule has 0 spiro atoms. The van der Waals surface area contributed by atoms with Crippen LogP contribution in [0.25, 0.3) is 0 Å². The summed E-state index contributed by atoms with van der Waals surface area (Å²) in [5, 5.41) is 11.8. The van der Waals surface area contributed by atoms with Gasteiger partial charge in [0.1, 0.15) is 5.01 Å². The van der Waals surface area contributed by atoms with Crippen molar-refractivity contribution in [1.82, 2.24) is 19.8 Å². The molecule has 7 nitrogen and oxygen atoms in total. The van der Waals surface area contributed by atoms with Gasteiger partial charge in [-0.15, -0.1) is 10.2 Å². The van der Waals surface area contributed by atoms with Crippen molar-refractivity contribution in [2.75, 3.05) is 24.9 Å². The highest BCUT2D eigenvalue weighted by Gasteiger charge is 2.18. The Kier molecular flexibility index (Phi) is 6.11. The molecule has 0 bridgehead atoms. The standard InChI is InChI=1S/C10H21N5O2S2/c1-8(2)11-6-5-7-15(4)19(16,17)14-10-13-12-9(3)18-10/h8,11H,5-7H2,1-4H3,(H,13,14). The molecule has 0 radical (unpaired) electrons. The van der Waals surface area contributed by atoms with Gasteiger partial charge in [-0.25, -0.2) is 4.72 Å². The number of anilines is 1. The van der Waals surface area contributed by atoms with Crippen LogP contribution in [0, 0.1) is 6.92 Å². The van der Waals surface area contributed by atoms with E-state index >= 15 is 0 Å². The molecular formula is C10H21N5O2S2. The molecule has 19 heavy (non-hydrogen) atoms. The third kappa shape index (κ3) is 5.81. The van der Waals surface area contributed by atoms with Crippen LogP contribution < -0.4 is 10.0 Å². The van der Waals surface area contributed by atoms with Crippen molar-refractivity contribution in [3.8, 4) is 0 Å². The van der Waals surface area contributed by atoms with Gasteiger partial charge in [0, 0.05) is 19.6 Å². The van der Waals surface area contributed by atoms with Gasteiger partial charge < -0.3 is 5.32 Å². The molecule has 0 aliphatic carbocycles. The molecule has 0 saturated carbocycles. The highest BCUT2D eigenvalue weighted by atomic mass is 32.2. The molecule has 1 aromatic rings. The summed E-state index contributed by atoms with van der Waals surface area (Å²) in [6.07, 6.45) is 0.755. The fraction of sp³-hybridized carbons (Fsp3) is 0.800. The van der Waals surface area contributed by atoms with Crippen LogP contribution in [0.3, 0.4) is 0 Å². The summed E-state index contributed by atoms with van der Waals surface area (Å²) in [5.41, 5.74) is 0. The van der Waals surface area contributed by atoms with Crippen molar-refractivity contribution in [1.29, 1.82) is 0 Å². The Morgan fingerprint density at radius 1 is 1.37 bits per heavy atom. The summed E-state index contributed by atoms with van der Waals surface area (Å²) in [6, 6.07) is 0.407. The third-order valence-corrected chi connectivity index (χ3v) is 4.69. The zero-order valence-electron chi connectivity index (χ0n) is 11.7. The van der Waals surface area contributed by atoms with Crippen LogP contribution in [0.5, 0.6) is 0 Å². The maximum atomic E-state index is 12.0. The van der Waals surface area contributed by atoms with Crippen LogP contribution in [-0.2, 0) is 10.2 Å². The molecule has 9 heteroatoms. The first-order chi connectivity index (χ1) is 8.81. The van der Waals surface area contributed by atoms with E-state index in [1.165, 1.54) is 15.6 Å². The fourth-order valence-electron chi connectivity index (χ4n) is 1.34. The van der Waals surface area contributed by atoms with Crippen LogP contribution in [-0.4, -0.2) is 49.1 Å². The lowest BCUT2D eigenvalue weighted by Gasteiger charge is -2.17. The zero-order chi connectivity index (χ0) is 14.5. The Labute approximate surface area is 118 Å². The van der Waals surface area contributed by atoms with E-state index in [9.17, 15) is 8.42 Å². The number of hydrogen-bond acceptors (Lipinski definition) is 6. The third-order valence-electron chi connectivity index (χ3n) is 2.36. The lowest BCUT2D eigenvalue weighted by atomic mass is 10.3. The lowest BCUT2D eigenvalue weighted by Crippen LogP contribution is -2.35. The van der Waals surface area contributed by atoms with E-state index in [1.54, 1.807) is 14.0 Å². The zero-order valence-corrected chi connectivity index (χ0v) is 13.3. The van der Waals surface area contributed by atoms with Crippen LogP contribution in [0.1, 0.15) is 25.3 Å². The number of hydrogen-bond donors (Lipinski definition) is 2. The monoisotopic (exact) mass is 307 g/mol. The summed E-state index contributed by atoms with van der Waals surface area (Å²) >= 11 is 1.21. The Hall–Kier alpha value is -0.770. The molecular weight excluding hydrogens is 286 g/mol. The van der Waals surface area contributed by atoms with Gasteiger partial charge in [0.15, 0.2) is 0 Å². The fourth-order valence-corrected chi connectivity index (χ4v) is 3.05. The van der Waals surface area contributed by atoms with Crippen molar-refractivity contribution in [2.24, 2.45) is 0 Å². The molecule has 0 atom stereocenters. The van der Waals surface area contributed by atoms with E-state index in [1.807, 2.05) is 0 Å². The maximum Gasteiger partial charge on any atom is 0.303 e. The molecule has 0 aromatic carbocycles. The topological polar surface area (TPSA) is 87.2 Å². The normalized spacial score (nSPS) is 12.3. The Balaban J connectivity index is 2.43. The summed E-state index contributed by atoms with van der Waals surface area (Å²) < 4.78 is 27.6. The predicted octanol–water partition coefficient (Wildman–Crippen LogP) is 0.823. The van der Waals surface area contributed by atoms with Crippen LogP contribution in [0.4, 0.5) is 5.13 Å². The van der Waals surface area contributed by atoms with Crippen LogP contribution in [0.2, 0.25) is 0 Å². The average molecular weight is 307 g/mol. The summed E-state index contributed by atoms with van der Waals surface area (Å²) in [6.45, 7) is 7.12. The van der Waals surface area contributed by atoms with Gasteiger partial charge in [0.25, 0.3) is 0 Å². The van der Waals surface area contributed by atoms with Gasteiger partial charge in [-0.3, -0.25) is 0 Å². The van der Waals surface area contributed by atoms with Crippen molar-refractivity contribution in [2.45, 2.75) is 33.2 Å². The van der Waals surface area contributed by atoms with Gasteiger partial charge in [-0.2, -0.15) is 12.7 Å². The highest BCUT2D eigenvalue weighted by Crippen LogP contribution is 2.16. The number of aromatic nitrogens is 2. The van der Waals surface area contributed by atoms with Crippen LogP contribution in [0.15, 0.2) is 0 Å². The summed E-state index contributed by atoms with van der Waals surface area (Å²) in [7, 11) is -1.99. The van der Waals surface area contributed by atoms with E-state index in [0.29, 0.717) is 17.7 Å². The van der Waals surface area contributed by atoms with Gasteiger partial charge >= 0.3 is 10.2 Å². The number of rotatable bonds is 8. The van der Waals surface area contributed by atoms with E-state index in [-0.39, 0.29) is 0 Å². The second-order valence-corrected chi connectivity index (χ2v) is 7.48. The molecule has 1 rings (SSSR count). The Bertz CT molecular complexity index is 486. The number of nitrogens with zero attached hydrogens (tertiary/aromatic N) is 3. The van der Waals surface area contributed by atoms with E-state index in [0.717, 1.165) is 18.0 Å². The highest BCUT2D eigenvalue weighted by molar-refractivity contribution is 7.90. The van der Waals surface area contributed by atoms with Gasteiger partial charge in [0.2, 0.25) is 5.13 Å². The van der Waals surface area contributed by atoms with Crippen LogP contribution >= 0.6 is 11.3 Å². The van der Waals surface area contributed by atoms with E-state index in [4.69, 9.17) is 0 Å². The lowest BCUT2D eigenvalue weighted by molar-refractivity contribution is 0.451. The Morgan fingerprint density at radius 2 is 2.05 bits per heavy atom. The first-order valence-corrected chi connectivity index (χ1v) is 8.34. The van der Waals surface area contributed by atoms with Crippen molar-refractivity contribution in [3.05, 3.63) is 5.01 Å². The SMILES string of the molecule is Cc1nnc(NS(=O)(=O)N(C)CCCNC(C)C)s1. The second-order valence-electron chi connectivity index (χ2n) is 4.52. The predicted molar refractivity (Wildman–Crippen MR) is 77.6 cm³/mol. The first kappa shape index (κ1) is 16.3. The number of nitrogens with one attached hydrogen (secondary N) is 2. The van der Waals surface area contributed by atoms with E-state index in [2.05, 4.69) is 34.1 Å². The van der Waals surface area contributed by atoms with Gasteiger partial charge in [-0.05, 0) is 19.9 Å². The Morgan fingerprint density at radius 3 is 2.58 bits per heavy atom. The molecule has 2 N–H and O–H groups in total. The maximum absolute atomic E-state index is 12.0. The van der Waals surface area contributed by atoms with Gasteiger partial charge in [-0.1, -0.05) is 25.2 Å². The minimum atomic E-state index is -3.54. The van der Waals surface area contributed by atoms with Gasteiger partial charge in [0.05, 0.1) is 0 Å². The van der Waals surface area contributed by atoms with E-state index < -0.39 is 10.2 Å². The molecule has 0 saturated heterocycles. The number of aryl methyl sites for hydroxylation is 1. The molecule has 1 heterocycles. The molecule has 0 aliphatic rings. The molecule has 110 valence electrons. The van der Waals surface area contributed by atoms with Crippen molar-refractivity contribution in [3.63, 3.8) is 0 Å². The largest absolute Gasteiger partial charge is 0.314 e. The molecule has 0 amide bonds. The minimum absolute atomic E-state index is 0.296. The minimum Gasteiger partial charge on any atom is -0.314 e. The average Bonchev–Trinajstić information content (AvgIpc) is 2.68. The first-order valence-electron chi connectivity index (χ1n) is 6.09. The molecule has 1 aromatic heterocycles. The second kappa shape index (κ2) is 7.13. The summed E-state index contributed by atoms with van der Waals surface area (Å²) in [4.78, 5) is 0. The smallest absolute Gasteiger partial charge is 0.303 e. The van der Waals surface area contributed by atoms with Crippen molar-refractivity contribution >= 4 is 26.7 Å².